The molecule has 2 aliphatic rings. The van der Waals surface area contributed by atoms with Crippen molar-refractivity contribution in [1.82, 2.24) is 25.1 Å². The van der Waals surface area contributed by atoms with Crippen LogP contribution in [0.1, 0.15) is 42.2 Å². The molecule has 0 saturated carbocycles. The number of anilines is 1. The van der Waals surface area contributed by atoms with Crippen molar-refractivity contribution in [3.05, 3.63) is 22.7 Å². The highest BCUT2D eigenvalue weighted by molar-refractivity contribution is 7.15. The molecule has 1 atom stereocenters. The number of hydrogen-bond donors (Lipinski definition) is 1. The molecule has 0 radical (unpaired) electrons. The third kappa shape index (κ3) is 2.34. The molecule has 0 spiro atoms. The van der Waals surface area contributed by atoms with E-state index in [0.29, 0.717) is 6.04 Å². The SMILES string of the molecule is CCNC1CCCc2nc(N3CCn4cnnc4C3)sc21. The van der Waals surface area contributed by atoms with Crippen LogP contribution in [-0.4, -0.2) is 32.8 Å². The fraction of sp³-hybridized carbons (Fsp3) is 0.643. The zero-order valence-electron chi connectivity index (χ0n) is 12.2. The van der Waals surface area contributed by atoms with Gasteiger partial charge in [-0.25, -0.2) is 4.98 Å². The van der Waals surface area contributed by atoms with E-state index in [1.165, 1.54) is 23.4 Å². The quantitative estimate of drug-likeness (QED) is 0.936. The van der Waals surface area contributed by atoms with Crippen molar-refractivity contribution in [2.75, 3.05) is 18.0 Å². The van der Waals surface area contributed by atoms with E-state index in [-0.39, 0.29) is 0 Å². The highest BCUT2D eigenvalue weighted by atomic mass is 32.1. The lowest BCUT2D eigenvalue weighted by Crippen LogP contribution is -2.33. The van der Waals surface area contributed by atoms with E-state index in [1.807, 2.05) is 17.7 Å². The minimum atomic E-state index is 0.499. The molecule has 0 fully saturated rings. The van der Waals surface area contributed by atoms with E-state index < -0.39 is 0 Å². The molecule has 2 aromatic heterocycles. The van der Waals surface area contributed by atoms with Gasteiger partial charge in [0.15, 0.2) is 11.0 Å². The van der Waals surface area contributed by atoms with Gasteiger partial charge in [-0.1, -0.05) is 18.3 Å². The van der Waals surface area contributed by atoms with E-state index in [0.717, 1.165) is 43.6 Å². The predicted octanol–water partition coefficient (Wildman–Crippen LogP) is 1.74. The summed E-state index contributed by atoms with van der Waals surface area (Å²) in [5.41, 5.74) is 1.30. The summed E-state index contributed by atoms with van der Waals surface area (Å²) in [6.45, 7) is 5.95. The average molecular weight is 304 g/mol. The summed E-state index contributed by atoms with van der Waals surface area (Å²) in [6.07, 6.45) is 5.41. The van der Waals surface area contributed by atoms with Crippen LogP contribution in [0.4, 0.5) is 5.13 Å². The highest BCUT2D eigenvalue weighted by Gasteiger charge is 2.27. The highest BCUT2D eigenvalue weighted by Crippen LogP contribution is 2.38. The zero-order chi connectivity index (χ0) is 14.2. The van der Waals surface area contributed by atoms with Gasteiger partial charge in [-0.05, 0) is 25.8 Å². The molecule has 0 amide bonds. The van der Waals surface area contributed by atoms with Gasteiger partial charge in [0.1, 0.15) is 6.33 Å². The Morgan fingerprint density at radius 1 is 1.43 bits per heavy atom. The number of thiazole rings is 1. The molecule has 21 heavy (non-hydrogen) atoms. The van der Waals surface area contributed by atoms with Gasteiger partial charge in [0.25, 0.3) is 0 Å². The first-order chi connectivity index (χ1) is 10.3. The molecular weight excluding hydrogens is 284 g/mol. The van der Waals surface area contributed by atoms with Crippen LogP contribution >= 0.6 is 11.3 Å². The maximum Gasteiger partial charge on any atom is 0.186 e. The summed E-state index contributed by atoms with van der Waals surface area (Å²) in [6, 6.07) is 0.499. The Labute approximate surface area is 128 Å². The van der Waals surface area contributed by atoms with E-state index in [1.54, 1.807) is 0 Å². The Balaban J connectivity index is 1.60. The van der Waals surface area contributed by atoms with Gasteiger partial charge < -0.3 is 14.8 Å². The summed E-state index contributed by atoms with van der Waals surface area (Å²) >= 11 is 1.86. The van der Waals surface area contributed by atoms with Gasteiger partial charge >= 0.3 is 0 Å². The molecule has 112 valence electrons. The first kappa shape index (κ1) is 13.2. The molecule has 3 heterocycles. The minimum absolute atomic E-state index is 0.499. The molecule has 0 saturated heterocycles. The van der Waals surface area contributed by atoms with E-state index in [4.69, 9.17) is 4.98 Å². The Morgan fingerprint density at radius 3 is 3.29 bits per heavy atom. The summed E-state index contributed by atoms with van der Waals surface area (Å²) in [4.78, 5) is 8.70. The number of nitrogens with one attached hydrogen (secondary N) is 1. The molecule has 1 unspecified atom stereocenters. The smallest absolute Gasteiger partial charge is 0.186 e. The van der Waals surface area contributed by atoms with Crippen molar-refractivity contribution in [2.24, 2.45) is 0 Å². The van der Waals surface area contributed by atoms with Crippen LogP contribution in [-0.2, 0) is 19.5 Å². The number of aromatic nitrogens is 4. The molecule has 1 N–H and O–H groups in total. The Hall–Kier alpha value is -1.47. The summed E-state index contributed by atoms with van der Waals surface area (Å²) < 4.78 is 2.13. The van der Waals surface area contributed by atoms with Crippen molar-refractivity contribution in [3.8, 4) is 0 Å². The molecule has 4 rings (SSSR count). The minimum Gasteiger partial charge on any atom is -0.339 e. The monoisotopic (exact) mass is 304 g/mol. The fourth-order valence-electron chi connectivity index (χ4n) is 3.21. The first-order valence-electron chi connectivity index (χ1n) is 7.69. The topological polar surface area (TPSA) is 58.9 Å². The number of aryl methyl sites for hydroxylation is 1. The van der Waals surface area contributed by atoms with Crippen LogP contribution in [0.15, 0.2) is 6.33 Å². The molecule has 2 aromatic rings. The van der Waals surface area contributed by atoms with Crippen LogP contribution in [0.5, 0.6) is 0 Å². The molecule has 0 aromatic carbocycles. The Kier molecular flexibility index (Phi) is 3.39. The standard InChI is InChI=1S/C14H20N6S/c1-2-15-10-4-3-5-11-13(10)21-14(17-11)19-6-7-20-9-16-18-12(20)8-19/h9-10,15H,2-8H2,1H3. The Morgan fingerprint density at radius 2 is 2.38 bits per heavy atom. The lowest BCUT2D eigenvalue weighted by molar-refractivity contribution is 0.476. The van der Waals surface area contributed by atoms with Crippen LogP contribution in [0.3, 0.4) is 0 Å². The molecule has 1 aliphatic carbocycles. The lowest BCUT2D eigenvalue weighted by atomic mass is 9.98. The summed E-state index contributed by atoms with van der Waals surface area (Å²) in [7, 11) is 0. The van der Waals surface area contributed by atoms with Gasteiger partial charge in [0.2, 0.25) is 0 Å². The molecule has 6 nitrogen and oxygen atoms in total. The van der Waals surface area contributed by atoms with Crippen LogP contribution in [0, 0.1) is 0 Å². The van der Waals surface area contributed by atoms with Gasteiger partial charge in [0, 0.05) is 24.0 Å². The van der Waals surface area contributed by atoms with Crippen LogP contribution in [0.25, 0.3) is 0 Å². The first-order valence-corrected chi connectivity index (χ1v) is 8.51. The normalized spacial score (nSPS) is 21.2. The zero-order valence-corrected chi connectivity index (χ0v) is 13.1. The molecular formula is C14H20N6S. The van der Waals surface area contributed by atoms with Crippen molar-refractivity contribution in [2.45, 2.75) is 45.3 Å². The average Bonchev–Trinajstić information content (AvgIpc) is 3.13. The van der Waals surface area contributed by atoms with Gasteiger partial charge in [0.05, 0.1) is 12.2 Å². The van der Waals surface area contributed by atoms with Crippen LogP contribution in [0.2, 0.25) is 0 Å². The number of nitrogens with zero attached hydrogens (tertiary/aromatic N) is 5. The van der Waals surface area contributed by atoms with E-state index in [9.17, 15) is 0 Å². The van der Waals surface area contributed by atoms with Gasteiger partial charge in [-0.2, -0.15) is 0 Å². The van der Waals surface area contributed by atoms with Crippen molar-refractivity contribution in [3.63, 3.8) is 0 Å². The van der Waals surface area contributed by atoms with Gasteiger partial charge in [-0.3, -0.25) is 0 Å². The summed E-state index contributed by atoms with van der Waals surface area (Å²) in [5.74, 6) is 1.04. The largest absolute Gasteiger partial charge is 0.339 e. The van der Waals surface area contributed by atoms with Crippen molar-refractivity contribution in [1.29, 1.82) is 0 Å². The molecule has 1 aliphatic heterocycles. The predicted molar refractivity (Wildman–Crippen MR) is 82.5 cm³/mol. The maximum atomic E-state index is 4.91. The second-order valence-electron chi connectivity index (χ2n) is 5.67. The van der Waals surface area contributed by atoms with Crippen molar-refractivity contribution < 1.29 is 0 Å². The fourth-order valence-corrected chi connectivity index (χ4v) is 4.46. The number of hydrogen-bond acceptors (Lipinski definition) is 6. The maximum absolute atomic E-state index is 4.91. The third-order valence-electron chi connectivity index (χ3n) is 4.30. The second-order valence-corrected chi connectivity index (χ2v) is 6.68. The third-order valence-corrected chi connectivity index (χ3v) is 5.57. The van der Waals surface area contributed by atoms with Crippen LogP contribution < -0.4 is 10.2 Å². The summed E-state index contributed by atoms with van der Waals surface area (Å²) in [5, 5.41) is 12.9. The van der Waals surface area contributed by atoms with E-state index >= 15 is 0 Å². The van der Waals surface area contributed by atoms with Crippen molar-refractivity contribution >= 4 is 16.5 Å². The van der Waals surface area contributed by atoms with Gasteiger partial charge in [-0.15, -0.1) is 10.2 Å². The van der Waals surface area contributed by atoms with E-state index in [2.05, 4.69) is 31.9 Å². The molecule has 0 bridgehead atoms. The molecule has 7 heteroatoms. The number of fused-ring (bicyclic) bond motifs is 2. The lowest BCUT2D eigenvalue weighted by Gasteiger charge is -2.26. The second kappa shape index (κ2) is 5.38. The number of rotatable bonds is 3. The Bertz CT molecular complexity index is 633.